The lowest BCUT2D eigenvalue weighted by molar-refractivity contribution is 0.0767. The molecule has 2 aromatic rings. The van der Waals surface area contributed by atoms with Crippen LogP contribution in [0.4, 0.5) is 5.82 Å². The molecule has 1 N–H and O–H groups in total. The van der Waals surface area contributed by atoms with Crippen molar-refractivity contribution in [1.29, 1.82) is 0 Å². The van der Waals surface area contributed by atoms with Gasteiger partial charge < -0.3 is 19.7 Å². The molecule has 25 heavy (non-hydrogen) atoms. The van der Waals surface area contributed by atoms with E-state index in [0.29, 0.717) is 42.6 Å². The van der Waals surface area contributed by atoms with E-state index < -0.39 is 0 Å². The maximum absolute atomic E-state index is 12.4. The molecule has 0 unspecified atom stereocenters. The molecule has 1 amide bonds. The first kappa shape index (κ1) is 18.5. The van der Waals surface area contributed by atoms with Crippen molar-refractivity contribution in [1.82, 2.24) is 14.9 Å². The number of nitrogens with zero attached hydrogens (tertiary/aromatic N) is 3. The maximum Gasteiger partial charge on any atom is 0.272 e. The topological polar surface area (TPSA) is 76.6 Å². The van der Waals surface area contributed by atoms with E-state index in [9.17, 15) is 4.79 Å². The van der Waals surface area contributed by atoms with Gasteiger partial charge in [-0.05, 0) is 31.5 Å². The first-order valence-corrected chi connectivity index (χ1v) is 8.19. The fourth-order valence-electron chi connectivity index (χ4n) is 2.43. The van der Waals surface area contributed by atoms with Gasteiger partial charge >= 0.3 is 0 Å². The Kier molecular flexibility index (Phi) is 6.56. The standard InChI is InChI=1S/C18H24N4O3/c1-5-22(6-2)18(23)14-10-17(21-12-20-14)19-11-13-7-8-15(24-3)16(9-13)25-4/h7-10,12H,5-6,11H2,1-4H3,(H,19,20,21). The van der Waals surface area contributed by atoms with Crippen LogP contribution < -0.4 is 14.8 Å². The number of aromatic nitrogens is 2. The van der Waals surface area contributed by atoms with Crippen LogP contribution in [0.2, 0.25) is 0 Å². The third-order valence-electron chi connectivity index (χ3n) is 3.86. The lowest BCUT2D eigenvalue weighted by atomic mass is 10.2. The summed E-state index contributed by atoms with van der Waals surface area (Å²) in [5, 5.41) is 3.20. The number of hydrogen-bond donors (Lipinski definition) is 1. The van der Waals surface area contributed by atoms with Crippen LogP contribution in [0.15, 0.2) is 30.6 Å². The zero-order valence-electron chi connectivity index (χ0n) is 15.1. The van der Waals surface area contributed by atoms with Crippen LogP contribution in [0, 0.1) is 0 Å². The third kappa shape index (κ3) is 4.59. The molecule has 7 nitrogen and oxygen atoms in total. The van der Waals surface area contributed by atoms with Crippen molar-refractivity contribution in [2.45, 2.75) is 20.4 Å². The van der Waals surface area contributed by atoms with Crippen LogP contribution in [0.1, 0.15) is 29.9 Å². The van der Waals surface area contributed by atoms with Crippen molar-refractivity contribution in [3.8, 4) is 11.5 Å². The van der Waals surface area contributed by atoms with Gasteiger partial charge in [-0.2, -0.15) is 0 Å². The average Bonchev–Trinajstić information content (AvgIpc) is 2.67. The van der Waals surface area contributed by atoms with Crippen molar-refractivity contribution >= 4 is 11.7 Å². The SMILES string of the molecule is CCN(CC)C(=O)c1cc(NCc2ccc(OC)c(OC)c2)ncn1. The van der Waals surface area contributed by atoms with Crippen LogP contribution in [-0.2, 0) is 6.54 Å². The molecule has 2 rings (SSSR count). The number of benzene rings is 1. The molecule has 134 valence electrons. The van der Waals surface area contributed by atoms with E-state index in [1.807, 2.05) is 32.0 Å². The molecule has 7 heteroatoms. The Bertz CT molecular complexity index is 717. The van der Waals surface area contributed by atoms with E-state index in [-0.39, 0.29) is 5.91 Å². The van der Waals surface area contributed by atoms with Crippen LogP contribution >= 0.6 is 0 Å². The van der Waals surface area contributed by atoms with E-state index in [2.05, 4.69) is 15.3 Å². The quantitative estimate of drug-likeness (QED) is 0.793. The molecular weight excluding hydrogens is 320 g/mol. The lowest BCUT2D eigenvalue weighted by Gasteiger charge is -2.18. The van der Waals surface area contributed by atoms with Crippen molar-refractivity contribution in [3.05, 3.63) is 41.9 Å². The van der Waals surface area contributed by atoms with Gasteiger partial charge in [-0.1, -0.05) is 6.07 Å². The molecule has 0 aliphatic rings. The Labute approximate surface area is 148 Å². The van der Waals surface area contributed by atoms with Crippen molar-refractivity contribution in [3.63, 3.8) is 0 Å². The minimum Gasteiger partial charge on any atom is -0.493 e. The van der Waals surface area contributed by atoms with Crippen LogP contribution in [0.3, 0.4) is 0 Å². The maximum atomic E-state index is 12.4. The number of rotatable bonds is 8. The summed E-state index contributed by atoms with van der Waals surface area (Å²) in [7, 11) is 3.20. The van der Waals surface area contributed by atoms with Gasteiger partial charge in [0.1, 0.15) is 17.8 Å². The molecule has 0 bridgehead atoms. The molecule has 0 aliphatic heterocycles. The van der Waals surface area contributed by atoms with Gasteiger partial charge in [0, 0.05) is 25.7 Å². The number of methoxy groups -OCH3 is 2. The van der Waals surface area contributed by atoms with Crippen LogP contribution in [-0.4, -0.2) is 48.1 Å². The number of carbonyl (C=O) groups excluding carboxylic acids is 1. The van der Waals surface area contributed by atoms with Gasteiger partial charge in [0.05, 0.1) is 14.2 Å². The Morgan fingerprint density at radius 1 is 1.08 bits per heavy atom. The van der Waals surface area contributed by atoms with E-state index in [1.54, 1.807) is 25.2 Å². The van der Waals surface area contributed by atoms with E-state index in [0.717, 1.165) is 5.56 Å². The fraction of sp³-hybridized carbons (Fsp3) is 0.389. The van der Waals surface area contributed by atoms with Gasteiger partial charge in [-0.15, -0.1) is 0 Å². The zero-order valence-corrected chi connectivity index (χ0v) is 15.1. The number of carbonyl (C=O) groups is 1. The summed E-state index contributed by atoms with van der Waals surface area (Å²) >= 11 is 0. The van der Waals surface area contributed by atoms with Crippen LogP contribution in [0.5, 0.6) is 11.5 Å². The number of nitrogens with one attached hydrogen (secondary N) is 1. The smallest absolute Gasteiger partial charge is 0.272 e. The van der Waals surface area contributed by atoms with Crippen molar-refractivity contribution in [2.75, 3.05) is 32.6 Å². The molecule has 0 saturated carbocycles. The van der Waals surface area contributed by atoms with Crippen LogP contribution in [0.25, 0.3) is 0 Å². The van der Waals surface area contributed by atoms with Gasteiger partial charge in [0.25, 0.3) is 5.91 Å². The highest BCUT2D eigenvalue weighted by Gasteiger charge is 2.14. The second-order valence-corrected chi connectivity index (χ2v) is 5.31. The van der Waals surface area contributed by atoms with Gasteiger partial charge in [-0.25, -0.2) is 9.97 Å². The molecule has 0 spiro atoms. The molecular formula is C18H24N4O3. The Hall–Kier alpha value is -2.83. The number of anilines is 1. The van der Waals surface area contributed by atoms with Gasteiger partial charge in [-0.3, -0.25) is 4.79 Å². The average molecular weight is 344 g/mol. The minimum absolute atomic E-state index is 0.0958. The highest BCUT2D eigenvalue weighted by molar-refractivity contribution is 5.92. The van der Waals surface area contributed by atoms with E-state index in [4.69, 9.17) is 9.47 Å². The minimum atomic E-state index is -0.0958. The first-order valence-electron chi connectivity index (χ1n) is 8.19. The second-order valence-electron chi connectivity index (χ2n) is 5.31. The fourth-order valence-corrected chi connectivity index (χ4v) is 2.43. The largest absolute Gasteiger partial charge is 0.493 e. The highest BCUT2D eigenvalue weighted by Crippen LogP contribution is 2.27. The predicted octanol–water partition coefficient (Wildman–Crippen LogP) is 2.59. The Morgan fingerprint density at radius 3 is 2.44 bits per heavy atom. The molecule has 0 atom stereocenters. The summed E-state index contributed by atoms with van der Waals surface area (Å²) in [5.74, 6) is 1.85. The monoisotopic (exact) mass is 344 g/mol. The Morgan fingerprint density at radius 2 is 1.80 bits per heavy atom. The first-order chi connectivity index (χ1) is 12.1. The van der Waals surface area contributed by atoms with Crippen molar-refractivity contribution in [2.24, 2.45) is 0 Å². The normalized spacial score (nSPS) is 10.2. The summed E-state index contributed by atoms with van der Waals surface area (Å²) in [6.45, 7) is 5.72. The lowest BCUT2D eigenvalue weighted by Crippen LogP contribution is -2.31. The molecule has 0 fully saturated rings. The van der Waals surface area contributed by atoms with E-state index >= 15 is 0 Å². The molecule has 0 saturated heterocycles. The summed E-state index contributed by atoms with van der Waals surface area (Å²) in [4.78, 5) is 22.3. The molecule has 1 heterocycles. The molecule has 0 radical (unpaired) electrons. The van der Waals surface area contributed by atoms with Gasteiger partial charge in [0.15, 0.2) is 11.5 Å². The van der Waals surface area contributed by atoms with E-state index in [1.165, 1.54) is 6.33 Å². The number of ether oxygens (including phenoxy) is 2. The third-order valence-corrected chi connectivity index (χ3v) is 3.86. The molecule has 1 aromatic heterocycles. The highest BCUT2D eigenvalue weighted by atomic mass is 16.5. The summed E-state index contributed by atoms with van der Waals surface area (Å²) in [5.41, 5.74) is 1.39. The summed E-state index contributed by atoms with van der Waals surface area (Å²) in [6, 6.07) is 7.36. The van der Waals surface area contributed by atoms with Crippen molar-refractivity contribution < 1.29 is 14.3 Å². The zero-order chi connectivity index (χ0) is 18.2. The molecule has 1 aromatic carbocycles. The summed E-state index contributed by atoms with van der Waals surface area (Å²) < 4.78 is 10.5. The predicted molar refractivity (Wildman–Crippen MR) is 96.2 cm³/mol. The molecule has 0 aliphatic carbocycles. The van der Waals surface area contributed by atoms with Gasteiger partial charge in [0.2, 0.25) is 0 Å². The summed E-state index contributed by atoms with van der Waals surface area (Å²) in [6.07, 6.45) is 1.40. The second kappa shape index (κ2) is 8.86. The number of amides is 1. The Balaban J connectivity index is 2.09. The number of hydrogen-bond acceptors (Lipinski definition) is 6.